The van der Waals surface area contributed by atoms with Crippen molar-refractivity contribution in [3.8, 4) is 5.75 Å². The van der Waals surface area contributed by atoms with Crippen LogP contribution in [0.2, 0.25) is 5.02 Å². The molecule has 1 aliphatic rings. The van der Waals surface area contributed by atoms with Crippen LogP contribution < -0.4 is 4.74 Å². The number of halogens is 1. The van der Waals surface area contributed by atoms with Crippen LogP contribution in [0.1, 0.15) is 18.4 Å². The molecule has 1 amide bonds. The van der Waals surface area contributed by atoms with Crippen LogP contribution in [0.25, 0.3) is 0 Å². The summed E-state index contributed by atoms with van der Waals surface area (Å²) in [6.45, 7) is 1.60. The molecular weight excluding hydrogens is 326 g/mol. The molecule has 0 spiro atoms. The zero-order chi connectivity index (χ0) is 16.8. The highest BCUT2D eigenvalue weighted by Gasteiger charge is 2.24. The van der Waals surface area contributed by atoms with Crippen molar-refractivity contribution >= 4 is 17.7 Å². The maximum atomic E-state index is 12.1. The normalized spacial score (nSPS) is 15.1. The molecule has 126 valence electrons. The topological polar surface area (TPSA) is 38.8 Å². The predicted molar refractivity (Wildman–Crippen MR) is 93.3 cm³/mol. The summed E-state index contributed by atoms with van der Waals surface area (Å²) < 4.78 is 11.3. The first kappa shape index (κ1) is 16.7. The minimum absolute atomic E-state index is 0.115. The van der Waals surface area contributed by atoms with E-state index in [1.165, 1.54) is 0 Å². The van der Waals surface area contributed by atoms with E-state index in [1.807, 2.05) is 54.6 Å². The largest absolute Gasteiger partial charge is 0.490 e. The number of hydrogen-bond donors (Lipinski definition) is 0. The molecule has 4 nitrogen and oxygen atoms in total. The van der Waals surface area contributed by atoms with Crippen LogP contribution in [-0.2, 0) is 11.3 Å². The van der Waals surface area contributed by atoms with Crippen LogP contribution in [0, 0.1) is 0 Å². The number of carbonyl (C=O) groups excluding carboxylic acids is 1. The lowest BCUT2D eigenvalue weighted by Gasteiger charge is -2.31. The van der Waals surface area contributed by atoms with E-state index in [0.29, 0.717) is 24.7 Å². The molecule has 5 heteroatoms. The molecule has 0 radical (unpaired) electrons. The van der Waals surface area contributed by atoms with Crippen molar-refractivity contribution in [3.63, 3.8) is 0 Å². The lowest BCUT2D eigenvalue weighted by Crippen LogP contribution is -2.42. The number of carbonyl (C=O) groups is 1. The van der Waals surface area contributed by atoms with Crippen LogP contribution in [0.15, 0.2) is 54.6 Å². The maximum Gasteiger partial charge on any atom is 0.410 e. The van der Waals surface area contributed by atoms with Gasteiger partial charge < -0.3 is 14.4 Å². The van der Waals surface area contributed by atoms with Gasteiger partial charge in [0.15, 0.2) is 0 Å². The molecule has 0 aromatic heterocycles. The molecular formula is C19H20ClNO3. The van der Waals surface area contributed by atoms with Crippen molar-refractivity contribution in [2.45, 2.75) is 25.6 Å². The van der Waals surface area contributed by atoms with Gasteiger partial charge in [0.25, 0.3) is 0 Å². The summed E-state index contributed by atoms with van der Waals surface area (Å²) in [4.78, 5) is 13.9. The van der Waals surface area contributed by atoms with Crippen molar-refractivity contribution in [2.24, 2.45) is 0 Å². The van der Waals surface area contributed by atoms with E-state index in [4.69, 9.17) is 21.1 Å². The quantitative estimate of drug-likeness (QED) is 0.817. The second-order valence-corrected chi connectivity index (χ2v) is 6.23. The molecule has 1 fully saturated rings. The van der Waals surface area contributed by atoms with Gasteiger partial charge in [-0.2, -0.15) is 0 Å². The fourth-order valence-electron chi connectivity index (χ4n) is 2.67. The van der Waals surface area contributed by atoms with Gasteiger partial charge in [0.1, 0.15) is 18.5 Å². The fourth-order valence-corrected chi connectivity index (χ4v) is 2.80. The average Bonchev–Trinajstić information content (AvgIpc) is 2.63. The Kier molecular flexibility index (Phi) is 5.59. The molecule has 0 aliphatic carbocycles. The Morgan fingerprint density at radius 1 is 1.04 bits per heavy atom. The first-order valence-corrected chi connectivity index (χ1v) is 8.46. The summed E-state index contributed by atoms with van der Waals surface area (Å²) >= 11 is 5.87. The summed E-state index contributed by atoms with van der Waals surface area (Å²) in [5, 5.41) is 0.693. The summed E-state index contributed by atoms with van der Waals surface area (Å²) in [5.41, 5.74) is 0.992. The molecule has 3 rings (SSSR count). The van der Waals surface area contributed by atoms with Crippen LogP contribution in [-0.4, -0.2) is 30.2 Å². The number of rotatable bonds is 4. The lowest BCUT2D eigenvalue weighted by molar-refractivity contribution is 0.0638. The molecule has 1 saturated heterocycles. The van der Waals surface area contributed by atoms with E-state index in [0.717, 1.165) is 24.2 Å². The van der Waals surface area contributed by atoms with Gasteiger partial charge in [-0.25, -0.2) is 4.79 Å². The van der Waals surface area contributed by atoms with Crippen LogP contribution in [0.4, 0.5) is 4.79 Å². The smallest absolute Gasteiger partial charge is 0.410 e. The first-order chi connectivity index (χ1) is 11.7. The van der Waals surface area contributed by atoms with Gasteiger partial charge in [0.2, 0.25) is 0 Å². The molecule has 0 atom stereocenters. The maximum absolute atomic E-state index is 12.1. The minimum Gasteiger partial charge on any atom is -0.490 e. The van der Waals surface area contributed by atoms with E-state index >= 15 is 0 Å². The van der Waals surface area contributed by atoms with Crippen molar-refractivity contribution in [1.82, 2.24) is 4.90 Å². The number of amides is 1. The third-order valence-corrected chi connectivity index (χ3v) is 4.27. The van der Waals surface area contributed by atoms with E-state index in [1.54, 1.807) is 4.90 Å². The number of hydrogen-bond acceptors (Lipinski definition) is 3. The van der Waals surface area contributed by atoms with Crippen LogP contribution in [0.3, 0.4) is 0 Å². The number of ether oxygens (including phenoxy) is 2. The third-order valence-electron chi connectivity index (χ3n) is 4.02. The van der Waals surface area contributed by atoms with Crippen molar-refractivity contribution in [2.75, 3.05) is 13.1 Å². The SMILES string of the molecule is O=C(OCc1ccccc1)N1CCC(Oc2ccc(Cl)cc2)CC1. The number of benzene rings is 2. The molecule has 1 aliphatic heterocycles. The van der Waals surface area contributed by atoms with E-state index in [-0.39, 0.29) is 12.2 Å². The zero-order valence-electron chi connectivity index (χ0n) is 13.4. The molecule has 0 saturated carbocycles. The predicted octanol–water partition coefficient (Wildman–Crippen LogP) is 4.52. The Morgan fingerprint density at radius 3 is 2.38 bits per heavy atom. The van der Waals surface area contributed by atoms with Gasteiger partial charge in [-0.3, -0.25) is 0 Å². The monoisotopic (exact) mass is 345 g/mol. The summed E-state index contributed by atoms with van der Waals surface area (Å²) in [6, 6.07) is 17.0. The van der Waals surface area contributed by atoms with Gasteiger partial charge in [0, 0.05) is 31.0 Å². The van der Waals surface area contributed by atoms with Gasteiger partial charge in [-0.15, -0.1) is 0 Å². The second-order valence-electron chi connectivity index (χ2n) is 5.80. The Morgan fingerprint density at radius 2 is 1.71 bits per heavy atom. The minimum atomic E-state index is -0.260. The molecule has 0 unspecified atom stereocenters. The molecule has 2 aromatic carbocycles. The van der Waals surface area contributed by atoms with Gasteiger partial charge in [-0.05, 0) is 29.8 Å². The zero-order valence-corrected chi connectivity index (χ0v) is 14.1. The molecule has 24 heavy (non-hydrogen) atoms. The number of piperidine rings is 1. The Bertz CT molecular complexity index is 652. The summed E-state index contributed by atoms with van der Waals surface area (Å²) in [6.07, 6.45) is 1.44. The standard InChI is InChI=1S/C19H20ClNO3/c20-16-6-8-17(9-7-16)24-18-10-12-21(13-11-18)19(22)23-14-15-4-2-1-3-5-15/h1-9,18H,10-14H2. The highest BCUT2D eigenvalue weighted by Crippen LogP contribution is 2.21. The molecule has 0 bridgehead atoms. The third kappa shape index (κ3) is 4.65. The van der Waals surface area contributed by atoms with Gasteiger partial charge >= 0.3 is 6.09 Å². The van der Waals surface area contributed by atoms with Crippen LogP contribution >= 0.6 is 11.6 Å². The van der Waals surface area contributed by atoms with Crippen molar-refractivity contribution < 1.29 is 14.3 Å². The Hall–Kier alpha value is -2.20. The van der Waals surface area contributed by atoms with Crippen molar-refractivity contribution in [1.29, 1.82) is 0 Å². The highest BCUT2D eigenvalue weighted by molar-refractivity contribution is 6.30. The second kappa shape index (κ2) is 8.06. The number of likely N-dealkylation sites (tertiary alicyclic amines) is 1. The Balaban J connectivity index is 1.42. The van der Waals surface area contributed by atoms with E-state index < -0.39 is 0 Å². The molecule has 1 heterocycles. The van der Waals surface area contributed by atoms with Crippen molar-refractivity contribution in [3.05, 3.63) is 65.2 Å². The summed E-state index contributed by atoms with van der Waals surface area (Å²) in [7, 11) is 0. The molecule has 0 N–H and O–H groups in total. The number of nitrogens with zero attached hydrogens (tertiary/aromatic N) is 1. The van der Waals surface area contributed by atoms with Gasteiger partial charge in [-0.1, -0.05) is 41.9 Å². The highest BCUT2D eigenvalue weighted by atomic mass is 35.5. The fraction of sp³-hybridized carbons (Fsp3) is 0.316. The Labute approximate surface area is 146 Å². The van der Waals surface area contributed by atoms with Gasteiger partial charge in [0.05, 0.1) is 0 Å². The lowest BCUT2D eigenvalue weighted by atomic mass is 10.1. The van der Waals surface area contributed by atoms with Crippen LogP contribution in [0.5, 0.6) is 5.75 Å². The average molecular weight is 346 g/mol. The van der Waals surface area contributed by atoms with E-state index in [2.05, 4.69) is 0 Å². The van der Waals surface area contributed by atoms with E-state index in [9.17, 15) is 4.79 Å². The summed E-state index contributed by atoms with van der Waals surface area (Å²) in [5.74, 6) is 0.810. The first-order valence-electron chi connectivity index (χ1n) is 8.08. The molecule has 2 aromatic rings.